The molecule has 0 aromatic carbocycles. The molecule has 0 radical (unpaired) electrons. The molecule has 6 N–H and O–H groups in total. The van der Waals surface area contributed by atoms with Gasteiger partial charge < -0.3 is 41.1 Å². The third-order valence-corrected chi connectivity index (χ3v) is 6.45. The molecule has 1 fully saturated rings. The number of carbonyl (C=O) groups is 8. The van der Waals surface area contributed by atoms with Crippen molar-refractivity contribution in [2.75, 3.05) is 19.7 Å². The zero-order valence-electron chi connectivity index (χ0n) is 25.1. The van der Waals surface area contributed by atoms with Gasteiger partial charge in [0.15, 0.2) is 0 Å². The van der Waals surface area contributed by atoms with Gasteiger partial charge in [0, 0.05) is 6.54 Å². The Hall–Kier alpha value is -4.24. The van der Waals surface area contributed by atoms with Crippen LogP contribution in [0, 0.1) is 11.8 Å². The fourth-order valence-electron chi connectivity index (χ4n) is 4.26. The molecule has 0 aromatic rings. The van der Waals surface area contributed by atoms with E-state index in [9.17, 15) is 38.4 Å². The lowest BCUT2D eigenvalue weighted by Crippen LogP contribution is -2.57. The molecular formula is C27H43N5O11. The van der Waals surface area contributed by atoms with E-state index in [-0.39, 0.29) is 31.4 Å². The number of Topliss-reactive ketones (excluding diaryl/α,β-unsaturated/α-hetero) is 1. The van der Waals surface area contributed by atoms with E-state index in [1.165, 1.54) is 4.90 Å². The number of hydrogen-bond acceptors (Lipinski definition) is 9. The van der Waals surface area contributed by atoms with Gasteiger partial charge in [0.2, 0.25) is 23.5 Å². The Morgan fingerprint density at radius 1 is 0.930 bits per heavy atom. The maximum Gasteiger partial charge on any atom is 0.407 e. The first kappa shape index (κ1) is 36.8. The summed E-state index contributed by atoms with van der Waals surface area (Å²) in [5, 5.41) is 26.9. The molecular weight excluding hydrogens is 570 g/mol. The number of nitrogens with one attached hydrogen (secondary N) is 4. The molecule has 1 heterocycles. The summed E-state index contributed by atoms with van der Waals surface area (Å²) in [4.78, 5) is 99.4. The maximum absolute atomic E-state index is 13.4. The van der Waals surface area contributed by atoms with Gasteiger partial charge in [-0.3, -0.25) is 28.8 Å². The van der Waals surface area contributed by atoms with Crippen molar-refractivity contribution in [2.24, 2.45) is 11.8 Å². The second-order valence-electron chi connectivity index (χ2n) is 11.0. The Morgan fingerprint density at radius 2 is 1.58 bits per heavy atom. The Balaban J connectivity index is 2.87. The minimum atomic E-state index is -1.74. The zero-order valence-corrected chi connectivity index (χ0v) is 25.1. The molecule has 0 saturated carbocycles. The summed E-state index contributed by atoms with van der Waals surface area (Å²) in [5.74, 6) is -7.75. The van der Waals surface area contributed by atoms with Crippen molar-refractivity contribution in [3.63, 3.8) is 0 Å². The highest BCUT2D eigenvalue weighted by atomic mass is 16.5. The summed E-state index contributed by atoms with van der Waals surface area (Å²) < 4.78 is 5.13. The molecule has 1 unspecified atom stereocenters. The number of carbonyl (C=O) groups excluding carboxylic acids is 6. The van der Waals surface area contributed by atoms with Crippen molar-refractivity contribution in [3.05, 3.63) is 0 Å². The average molecular weight is 614 g/mol. The van der Waals surface area contributed by atoms with Crippen LogP contribution in [0.2, 0.25) is 0 Å². The number of rotatable bonds is 17. The van der Waals surface area contributed by atoms with Crippen LogP contribution >= 0.6 is 0 Å². The van der Waals surface area contributed by atoms with E-state index in [4.69, 9.17) is 14.9 Å². The number of ether oxygens (including phenoxy) is 1. The Kier molecular flexibility index (Phi) is 15.1. The van der Waals surface area contributed by atoms with Gasteiger partial charge in [0.1, 0.15) is 18.1 Å². The summed E-state index contributed by atoms with van der Waals surface area (Å²) >= 11 is 0. The topological polar surface area (TPSA) is 238 Å². The second-order valence-corrected chi connectivity index (χ2v) is 11.0. The first-order valence-electron chi connectivity index (χ1n) is 14.2. The lowest BCUT2D eigenvalue weighted by molar-refractivity contribution is -0.147. The van der Waals surface area contributed by atoms with Gasteiger partial charge in [0.05, 0.1) is 25.6 Å². The SMILES string of the molecule is CCCC(NC(=O)[C@@H]1CCCN1C(=O)[C@@H](NC(=O)OCC(C)C)C(C)C)C(=O)C(=O)NCC(=O)N[C@@H](CC(=O)O)C(=O)O. The summed E-state index contributed by atoms with van der Waals surface area (Å²) in [5.41, 5.74) is 0. The highest BCUT2D eigenvalue weighted by molar-refractivity contribution is 6.38. The number of nitrogens with zero attached hydrogens (tertiary/aromatic N) is 1. The predicted molar refractivity (Wildman–Crippen MR) is 149 cm³/mol. The van der Waals surface area contributed by atoms with E-state index in [1.807, 2.05) is 24.5 Å². The third kappa shape index (κ3) is 12.3. The highest BCUT2D eigenvalue weighted by Gasteiger charge is 2.40. The van der Waals surface area contributed by atoms with Crippen LogP contribution in [-0.2, 0) is 38.3 Å². The quantitative estimate of drug-likeness (QED) is 0.113. The van der Waals surface area contributed by atoms with Crippen LogP contribution < -0.4 is 21.3 Å². The minimum absolute atomic E-state index is 0.0718. The van der Waals surface area contributed by atoms with Crippen LogP contribution in [0.5, 0.6) is 0 Å². The van der Waals surface area contributed by atoms with Crippen molar-refractivity contribution >= 4 is 47.4 Å². The number of hydrogen-bond donors (Lipinski definition) is 6. The summed E-state index contributed by atoms with van der Waals surface area (Å²) in [7, 11) is 0. The molecule has 1 saturated heterocycles. The molecule has 1 aliphatic rings. The lowest BCUT2D eigenvalue weighted by atomic mass is 10.0. The van der Waals surface area contributed by atoms with E-state index in [2.05, 4.69) is 10.6 Å². The van der Waals surface area contributed by atoms with Crippen molar-refractivity contribution in [1.82, 2.24) is 26.2 Å². The van der Waals surface area contributed by atoms with Gasteiger partial charge in [-0.25, -0.2) is 9.59 Å². The fraction of sp³-hybridized carbons (Fsp3) is 0.704. The maximum atomic E-state index is 13.4. The number of ketones is 1. The molecule has 0 bridgehead atoms. The lowest BCUT2D eigenvalue weighted by Gasteiger charge is -2.31. The Bertz CT molecular complexity index is 1060. The van der Waals surface area contributed by atoms with E-state index in [0.717, 1.165) is 0 Å². The molecule has 16 heteroatoms. The fourth-order valence-corrected chi connectivity index (χ4v) is 4.26. The molecule has 0 aliphatic carbocycles. The predicted octanol–water partition coefficient (Wildman–Crippen LogP) is -0.601. The van der Waals surface area contributed by atoms with Crippen LogP contribution in [0.3, 0.4) is 0 Å². The molecule has 4 atom stereocenters. The van der Waals surface area contributed by atoms with E-state index in [1.54, 1.807) is 20.8 Å². The van der Waals surface area contributed by atoms with Gasteiger partial charge in [-0.15, -0.1) is 0 Å². The first-order chi connectivity index (χ1) is 20.1. The van der Waals surface area contributed by atoms with Crippen LogP contribution in [-0.4, -0.2) is 106 Å². The summed E-state index contributed by atoms with van der Waals surface area (Å²) in [6, 6.07) is -4.93. The van der Waals surface area contributed by atoms with Crippen molar-refractivity contribution in [2.45, 2.75) is 90.9 Å². The largest absolute Gasteiger partial charge is 0.481 e. The van der Waals surface area contributed by atoms with Gasteiger partial charge in [-0.05, 0) is 31.1 Å². The minimum Gasteiger partial charge on any atom is -0.481 e. The van der Waals surface area contributed by atoms with Gasteiger partial charge >= 0.3 is 18.0 Å². The standard InChI is InChI=1S/C27H43N5O11/c1-6-8-16(22(36)24(38)28-12-19(33)29-17(26(40)41)11-20(34)35)30-23(37)18-9-7-10-32(18)25(39)21(15(4)5)31-27(42)43-13-14(2)3/h14-18,21H,6-13H2,1-5H3,(H,28,38)(H,29,33)(H,30,37)(H,31,42)(H,34,35)(H,40,41)/t16?,17-,18-,21-/m0/s1. The number of carboxylic acid groups (broad SMARTS) is 2. The molecule has 0 spiro atoms. The van der Waals surface area contributed by atoms with E-state index >= 15 is 0 Å². The third-order valence-electron chi connectivity index (χ3n) is 6.45. The van der Waals surface area contributed by atoms with Gasteiger partial charge in [-0.2, -0.15) is 0 Å². The smallest absolute Gasteiger partial charge is 0.407 e. The molecule has 1 aliphatic heterocycles. The van der Waals surface area contributed by atoms with Crippen molar-refractivity contribution < 1.29 is 53.3 Å². The zero-order chi connectivity index (χ0) is 32.9. The van der Waals surface area contributed by atoms with Crippen LogP contribution in [0.15, 0.2) is 0 Å². The summed E-state index contributed by atoms with van der Waals surface area (Å²) in [6.45, 7) is 8.51. The Labute approximate surface area is 249 Å². The van der Waals surface area contributed by atoms with Crippen molar-refractivity contribution in [1.29, 1.82) is 0 Å². The number of likely N-dealkylation sites (tertiary alicyclic amines) is 1. The van der Waals surface area contributed by atoms with E-state index < -0.39 is 84.6 Å². The van der Waals surface area contributed by atoms with Crippen molar-refractivity contribution in [3.8, 4) is 0 Å². The normalized spacial score (nSPS) is 16.5. The summed E-state index contributed by atoms with van der Waals surface area (Å²) in [6.07, 6.45) is -0.397. The molecule has 0 aromatic heterocycles. The molecule has 43 heavy (non-hydrogen) atoms. The van der Waals surface area contributed by atoms with Crippen LogP contribution in [0.1, 0.15) is 66.7 Å². The highest BCUT2D eigenvalue weighted by Crippen LogP contribution is 2.21. The number of alkyl carbamates (subject to hydrolysis) is 1. The van der Waals surface area contributed by atoms with Crippen LogP contribution in [0.25, 0.3) is 0 Å². The molecule has 1 rings (SSSR count). The van der Waals surface area contributed by atoms with E-state index in [0.29, 0.717) is 19.3 Å². The second kappa shape index (κ2) is 17.7. The van der Waals surface area contributed by atoms with Gasteiger partial charge in [0.25, 0.3) is 5.91 Å². The Morgan fingerprint density at radius 3 is 2.12 bits per heavy atom. The molecule has 16 nitrogen and oxygen atoms in total. The number of amides is 5. The number of aliphatic carboxylic acids is 2. The number of carboxylic acids is 2. The molecule has 5 amide bonds. The molecule has 242 valence electrons. The average Bonchev–Trinajstić information content (AvgIpc) is 3.42. The monoisotopic (exact) mass is 613 g/mol. The van der Waals surface area contributed by atoms with Crippen LogP contribution in [0.4, 0.5) is 4.79 Å². The first-order valence-corrected chi connectivity index (χ1v) is 14.2. The van der Waals surface area contributed by atoms with Gasteiger partial charge in [-0.1, -0.05) is 41.0 Å².